The third-order valence-corrected chi connectivity index (χ3v) is 4.96. The normalized spacial score (nSPS) is 18.4. The third kappa shape index (κ3) is 4.41. The predicted octanol–water partition coefficient (Wildman–Crippen LogP) is 1.99. The lowest BCUT2D eigenvalue weighted by molar-refractivity contribution is 0.290. The van der Waals surface area contributed by atoms with E-state index in [1.165, 1.54) is 22.7 Å². The topological polar surface area (TPSA) is 49.4 Å². The van der Waals surface area contributed by atoms with Gasteiger partial charge in [0.05, 0.1) is 6.26 Å². The number of benzene rings is 1. The summed E-state index contributed by atoms with van der Waals surface area (Å²) < 4.78 is 37.5. The minimum atomic E-state index is -3.09. The summed E-state index contributed by atoms with van der Waals surface area (Å²) in [6, 6.07) is 4.69. The summed E-state index contributed by atoms with van der Waals surface area (Å²) in [5, 5.41) is 3.70. The van der Waals surface area contributed by atoms with Crippen molar-refractivity contribution in [3.8, 4) is 0 Å². The molecule has 20 heavy (non-hydrogen) atoms. The number of rotatable bonds is 4. The Labute approximate surface area is 124 Å². The van der Waals surface area contributed by atoms with Gasteiger partial charge in [-0.1, -0.05) is 11.6 Å². The first kappa shape index (κ1) is 15.7. The number of nitrogens with one attached hydrogen (secondary N) is 1. The summed E-state index contributed by atoms with van der Waals surface area (Å²) in [5.74, 6) is -0.346. The molecule has 1 aliphatic rings. The van der Waals surface area contributed by atoms with Gasteiger partial charge in [-0.2, -0.15) is 0 Å². The highest BCUT2D eigenvalue weighted by Crippen LogP contribution is 2.16. The summed E-state index contributed by atoms with van der Waals surface area (Å²) in [4.78, 5) is 0. The van der Waals surface area contributed by atoms with Crippen molar-refractivity contribution in [1.82, 2.24) is 9.62 Å². The second kappa shape index (κ2) is 6.39. The number of hydrogen-bond donors (Lipinski definition) is 1. The monoisotopic (exact) mass is 320 g/mol. The minimum absolute atomic E-state index is 0.245. The molecule has 2 rings (SSSR count). The lowest BCUT2D eigenvalue weighted by Crippen LogP contribution is -2.44. The fraction of sp³-hybridized carbons (Fsp3) is 0.538. The first-order valence-corrected chi connectivity index (χ1v) is 8.71. The molecule has 1 fully saturated rings. The van der Waals surface area contributed by atoms with Gasteiger partial charge < -0.3 is 5.32 Å². The van der Waals surface area contributed by atoms with Crippen LogP contribution in [0.15, 0.2) is 18.2 Å². The van der Waals surface area contributed by atoms with Crippen LogP contribution in [0, 0.1) is 5.82 Å². The Balaban J connectivity index is 1.84. The number of nitrogens with zero attached hydrogens (tertiary/aromatic N) is 1. The van der Waals surface area contributed by atoms with Gasteiger partial charge in [-0.15, -0.1) is 0 Å². The molecule has 1 aromatic rings. The van der Waals surface area contributed by atoms with E-state index < -0.39 is 10.0 Å². The van der Waals surface area contributed by atoms with E-state index in [2.05, 4.69) is 5.32 Å². The molecule has 4 nitrogen and oxygen atoms in total. The zero-order valence-corrected chi connectivity index (χ0v) is 12.8. The summed E-state index contributed by atoms with van der Waals surface area (Å²) in [6.07, 6.45) is 2.75. The SMILES string of the molecule is CS(=O)(=O)N1CCC(NCc2cc(F)cc(Cl)c2)CC1. The Morgan fingerprint density at radius 3 is 2.55 bits per heavy atom. The quantitative estimate of drug-likeness (QED) is 0.923. The summed E-state index contributed by atoms with van der Waals surface area (Å²) in [7, 11) is -3.09. The zero-order chi connectivity index (χ0) is 14.8. The highest BCUT2D eigenvalue weighted by atomic mass is 35.5. The van der Waals surface area contributed by atoms with Crippen LogP contribution in [0.5, 0.6) is 0 Å². The Bertz CT molecular complexity index is 551. The van der Waals surface area contributed by atoms with Gasteiger partial charge in [0.15, 0.2) is 0 Å². The van der Waals surface area contributed by atoms with Gasteiger partial charge in [0, 0.05) is 30.7 Å². The third-order valence-electron chi connectivity index (χ3n) is 3.44. The van der Waals surface area contributed by atoms with Crippen molar-refractivity contribution in [3.63, 3.8) is 0 Å². The minimum Gasteiger partial charge on any atom is -0.310 e. The Kier molecular flexibility index (Phi) is 5.01. The lowest BCUT2D eigenvalue weighted by Gasteiger charge is -2.30. The molecular weight excluding hydrogens is 303 g/mol. The Morgan fingerprint density at radius 2 is 2.00 bits per heavy atom. The van der Waals surface area contributed by atoms with Gasteiger partial charge in [-0.25, -0.2) is 17.1 Å². The second-order valence-corrected chi connectivity index (χ2v) is 7.51. The Morgan fingerprint density at radius 1 is 1.35 bits per heavy atom. The largest absolute Gasteiger partial charge is 0.310 e. The molecule has 1 saturated heterocycles. The number of sulfonamides is 1. The smallest absolute Gasteiger partial charge is 0.211 e. The number of halogens is 2. The predicted molar refractivity (Wildman–Crippen MR) is 77.7 cm³/mol. The van der Waals surface area contributed by atoms with Crippen molar-refractivity contribution in [2.45, 2.75) is 25.4 Å². The molecule has 0 aromatic heterocycles. The van der Waals surface area contributed by atoms with E-state index in [-0.39, 0.29) is 11.9 Å². The summed E-state index contributed by atoms with van der Waals surface area (Å²) in [6.45, 7) is 1.59. The van der Waals surface area contributed by atoms with Crippen LogP contribution in [-0.4, -0.2) is 38.1 Å². The highest BCUT2D eigenvalue weighted by molar-refractivity contribution is 7.88. The first-order valence-electron chi connectivity index (χ1n) is 6.48. The van der Waals surface area contributed by atoms with Gasteiger partial charge in [0.2, 0.25) is 10.0 Å². The van der Waals surface area contributed by atoms with Crippen molar-refractivity contribution in [3.05, 3.63) is 34.6 Å². The molecule has 1 aromatic carbocycles. The molecule has 1 heterocycles. The maximum Gasteiger partial charge on any atom is 0.211 e. The summed E-state index contributed by atoms with van der Waals surface area (Å²) >= 11 is 5.80. The molecule has 0 aliphatic carbocycles. The van der Waals surface area contributed by atoms with Crippen LogP contribution in [0.25, 0.3) is 0 Å². The van der Waals surface area contributed by atoms with Gasteiger partial charge >= 0.3 is 0 Å². The molecule has 1 N–H and O–H groups in total. The van der Waals surface area contributed by atoms with Crippen LogP contribution in [-0.2, 0) is 16.6 Å². The fourth-order valence-corrected chi connectivity index (χ4v) is 3.49. The van der Waals surface area contributed by atoms with Gasteiger partial charge in [-0.3, -0.25) is 0 Å². The van der Waals surface area contributed by atoms with E-state index in [1.54, 1.807) is 6.07 Å². The van der Waals surface area contributed by atoms with E-state index in [9.17, 15) is 12.8 Å². The molecule has 0 unspecified atom stereocenters. The molecule has 0 radical (unpaired) electrons. The van der Waals surface area contributed by atoms with E-state index >= 15 is 0 Å². The standard InChI is InChI=1S/C13H18ClFN2O2S/c1-20(18,19)17-4-2-13(3-5-17)16-9-10-6-11(14)8-12(15)7-10/h6-8,13,16H,2-5,9H2,1H3. The highest BCUT2D eigenvalue weighted by Gasteiger charge is 2.24. The fourth-order valence-electron chi connectivity index (χ4n) is 2.37. The molecule has 0 atom stereocenters. The molecule has 0 spiro atoms. The molecule has 0 amide bonds. The van der Waals surface area contributed by atoms with E-state index in [1.807, 2.05) is 0 Å². The zero-order valence-electron chi connectivity index (χ0n) is 11.3. The van der Waals surface area contributed by atoms with Crippen molar-refractivity contribution in [1.29, 1.82) is 0 Å². The van der Waals surface area contributed by atoms with Gasteiger partial charge in [0.1, 0.15) is 5.82 Å². The van der Waals surface area contributed by atoms with Crippen molar-refractivity contribution in [2.75, 3.05) is 19.3 Å². The lowest BCUT2D eigenvalue weighted by atomic mass is 10.1. The van der Waals surface area contributed by atoms with Crippen molar-refractivity contribution in [2.24, 2.45) is 0 Å². The van der Waals surface area contributed by atoms with E-state index in [4.69, 9.17) is 11.6 Å². The molecule has 112 valence electrons. The van der Waals surface area contributed by atoms with Crippen LogP contribution in [0.2, 0.25) is 5.02 Å². The number of piperidine rings is 1. The van der Waals surface area contributed by atoms with Crippen LogP contribution in [0.4, 0.5) is 4.39 Å². The van der Waals surface area contributed by atoms with Crippen LogP contribution in [0.1, 0.15) is 18.4 Å². The first-order chi connectivity index (χ1) is 9.34. The maximum absolute atomic E-state index is 13.2. The van der Waals surface area contributed by atoms with Crippen LogP contribution in [0.3, 0.4) is 0 Å². The van der Waals surface area contributed by atoms with Crippen LogP contribution >= 0.6 is 11.6 Å². The molecule has 7 heteroatoms. The van der Waals surface area contributed by atoms with Crippen molar-refractivity contribution >= 4 is 21.6 Å². The summed E-state index contributed by atoms with van der Waals surface area (Å²) in [5.41, 5.74) is 0.792. The number of hydrogen-bond acceptors (Lipinski definition) is 3. The second-order valence-electron chi connectivity index (χ2n) is 5.09. The van der Waals surface area contributed by atoms with Gasteiger partial charge in [0.25, 0.3) is 0 Å². The van der Waals surface area contributed by atoms with E-state index in [0.717, 1.165) is 18.4 Å². The van der Waals surface area contributed by atoms with E-state index in [0.29, 0.717) is 24.7 Å². The molecular formula is C13H18ClFN2O2S. The van der Waals surface area contributed by atoms with Crippen LogP contribution < -0.4 is 5.32 Å². The molecule has 0 saturated carbocycles. The average molecular weight is 321 g/mol. The average Bonchev–Trinajstić information content (AvgIpc) is 2.35. The van der Waals surface area contributed by atoms with Gasteiger partial charge in [-0.05, 0) is 36.6 Å². The van der Waals surface area contributed by atoms with Crippen molar-refractivity contribution < 1.29 is 12.8 Å². The Hall–Kier alpha value is -0.690. The maximum atomic E-state index is 13.2. The molecule has 0 bridgehead atoms. The molecule has 1 aliphatic heterocycles.